The van der Waals surface area contributed by atoms with Gasteiger partial charge in [-0.2, -0.15) is 0 Å². The molecule has 5 rings (SSSR count). The van der Waals surface area contributed by atoms with Gasteiger partial charge in [0.15, 0.2) is 0 Å². The Morgan fingerprint density at radius 3 is 2.31 bits per heavy atom. The van der Waals surface area contributed by atoms with E-state index in [1.807, 2.05) is 38.1 Å². The summed E-state index contributed by atoms with van der Waals surface area (Å²) >= 11 is 8.95. The molecule has 0 aliphatic rings. The number of fused-ring (bicyclic) bond motifs is 1. The van der Waals surface area contributed by atoms with Crippen LogP contribution in [-0.2, 0) is 10.0 Å². The summed E-state index contributed by atoms with van der Waals surface area (Å²) in [6.45, 7) is 4.05. The number of thiophene rings is 1. The van der Waals surface area contributed by atoms with Crippen molar-refractivity contribution >= 4 is 71.1 Å². The van der Waals surface area contributed by atoms with Crippen LogP contribution >= 0.6 is 34.3 Å². The Balaban J connectivity index is 1.36. The number of rotatable bonds is 6. The standard InChI is InChI=1S/C26H20ClN3O3S3/c1-15-16(2)34-26(23(15)25-28-21-5-3-4-6-22(21)35-25)29-24(31)17-7-11-19(12-8-17)30-36(32,33)20-13-9-18(27)10-14-20/h3-14,30H,1-2H3,(H,29,31). The molecule has 6 nitrogen and oxygen atoms in total. The van der Waals surface area contributed by atoms with Gasteiger partial charge in [-0.25, -0.2) is 13.4 Å². The summed E-state index contributed by atoms with van der Waals surface area (Å²) in [7, 11) is -3.77. The molecule has 182 valence electrons. The van der Waals surface area contributed by atoms with Gasteiger partial charge in [-0.1, -0.05) is 23.7 Å². The molecule has 36 heavy (non-hydrogen) atoms. The molecule has 0 atom stereocenters. The number of thiazole rings is 1. The van der Waals surface area contributed by atoms with Gasteiger partial charge in [0.1, 0.15) is 10.0 Å². The van der Waals surface area contributed by atoms with E-state index in [1.165, 1.54) is 35.6 Å². The average Bonchev–Trinajstić information content (AvgIpc) is 3.39. The van der Waals surface area contributed by atoms with Gasteiger partial charge in [-0.15, -0.1) is 22.7 Å². The molecule has 0 unspecified atom stereocenters. The maximum Gasteiger partial charge on any atom is 0.261 e. The molecule has 2 heterocycles. The van der Waals surface area contributed by atoms with Crippen LogP contribution in [0, 0.1) is 13.8 Å². The van der Waals surface area contributed by atoms with Crippen molar-refractivity contribution in [3.63, 3.8) is 0 Å². The first kappa shape index (κ1) is 24.5. The first-order chi connectivity index (χ1) is 17.2. The molecule has 2 N–H and O–H groups in total. The summed E-state index contributed by atoms with van der Waals surface area (Å²) < 4.78 is 28.8. The molecular weight excluding hydrogens is 534 g/mol. The summed E-state index contributed by atoms with van der Waals surface area (Å²) in [5, 5.41) is 5.07. The lowest BCUT2D eigenvalue weighted by Gasteiger charge is -2.09. The van der Waals surface area contributed by atoms with E-state index in [9.17, 15) is 13.2 Å². The van der Waals surface area contributed by atoms with E-state index in [-0.39, 0.29) is 10.8 Å². The molecule has 0 bridgehead atoms. The van der Waals surface area contributed by atoms with Crippen LogP contribution in [-0.4, -0.2) is 19.3 Å². The van der Waals surface area contributed by atoms with Crippen LogP contribution in [0.4, 0.5) is 10.7 Å². The maximum absolute atomic E-state index is 13.1. The number of carbonyl (C=O) groups is 1. The number of amides is 1. The lowest BCUT2D eigenvalue weighted by molar-refractivity contribution is 0.102. The van der Waals surface area contributed by atoms with Gasteiger partial charge in [0.25, 0.3) is 15.9 Å². The number of para-hydroxylation sites is 1. The smallest absolute Gasteiger partial charge is 0.261 e. The third kappa shape index (κ3) is 4.87. The highest BCUT2D eigenvalue weighted by Crippen LogP contribution is 2.43. The van der Waals surface area contributed by atoms with Crippen LogP contribution in [0.15, 0.2) is 77.7 Å². The van der Waals surface area contributed by atoms with E-state index in [0.29, 0.717) is 16.3 Å². The van der Waals surface area contributed by atoms with Crippen molar-refractivity contribution in [2.24, 2.45) is 0 Å². The molecule has 2 aromatic heterocycles. The third-order valence-electron chi connectivity index (χ3n) is 5.64. The van der Waals surface area contributed by atoms with Crippen molar-refractivity contribution in [3.8, 4) is 10.6 Å². The third-order valence-corrected chi connectivity index (χ3v) is 9.47. The second kappa shape index (κ2) is 9.67. The Bertz CT molecular complexity index is 1660. The predicted octanol–water partition coefficient (Wildman–Crippen LogP) is 7.35. The Morgan fingerprint density at radius 1 is 0.917 bits per heavy atom. The first-order valence-electron chi connectivity index (χ1n) is 10.9. The van der Waals surface area contributed by atoms with Gasteiger partial charge in [0.05, 0.1) is 15.1 Å². The zero-order valence-corrected chi connectivity index (χ0v) is 22.4. The number of aryl methyl sites for hydroxylation is 1. The van der Waals surface area contributed by atoms with Crippen LogP contribution in [0.25, 0.3) is 20.8 Å². The predicted molar refractivity (Wildman–Crippen MR) is 149 cm³/mol. The number of aromatic nitrogens is 1. The van der Waals surface area contributed by atoms with Gasteiger partial charge in [-0.3, -0.25) is 9.52 Å². The normalized spacial score (nSPS) is 11.5. The summed E-state index contributed by atoms with van der Waals surface area (Å²) in [5.41, 5.74) is 3.69. The molecule has 0 spiro atoms. The number of anilines is 2. The minimum absolute atomic E-state index is 0.0968. The van der Waals surface area contributed by atoms with Crippen molar-refractivity contribution in [1.29, 1.82) is 0 Å². The fourth-order valence-electron chi connectivity index (χ4n) is 3.64. The Hall–Kier alpha value is -3.24. The summed E-state index contributed by atoms with van der Waals surface area (Å²) in [5.74, 6) is -0.286. The van der Waals surface area contributed by atoms with Crippen LogP contribution in [0.2, 0.25) is 5.02 Å². The van der Waals surface area contributed by atoms with E-state index in [0.717, 1.165) is 36.2 Å². The van der Waals surface area contributed by atoms with Crippen molar-refractivity contribution in [3.05, 3.63) is 93.8 Å². The lowest BCUT2D eigenvalue weighted by atomic mass is 10.1. The first-order valence-corrected chi connectivity index (χ1v) is 14.4. The number of carbonyl (C=O) groups excluding carboxylic acids is 1. The Morgan fingerprint density at radius 2 is 1.61 bits per heavy atom. The van der Waals surface area contributed by atoms with Gasteiger partial charge >= 0.3 is 0 Å². The second-order valence-corrected chi connectivity index (χ2v) is 12.4. The van der Waals surface area contributed by atoms with Crippen LogP contribution in [0.3, 0.4) is 0 Å². The molecular formula is C26H20ClN3O3S3. The maximum atomic E-state index is 13.1. The van der Waals surface area contributed by atoms with Crippen LogP contribution < -0.4 is 10.0 Å². The Kier molecular flexibility index (Phi) is 6.57. The molecule has 0 aliphatic heterocycles. The molecule has 0 saturated carbocycles. The minimum atomic E-state index is -3.77. The van der Waals surface area contributed by atoms with E-state index in [4.69, 9.17) is 16.6 Å². The molecule has 0 aliphatic carbocycles. The zero-order chi connectivity index (χ0) is 25.4. The number of hydrogen-bond acceptors (Lipinski definition) is 6. The molecule has 0 saturated heterocycles. The van der Waals surface area contributed by atoms with Crippen molar-refractivity contribution in [2.75, 3.05) is 10.0 Å². The monoisotopic (exact) mass is 553 g/mol. The zero-order valence-electron chi connectivity index (χ0n) is 19.2. The van der Waals surface area contributed by atoms with Gasteiger partial charge in [0, 0.05) is 26.7 Å². The van der Waals surface area contributed by atoms with E-state index < -0.39 is 10.0 Å². The number of nitrogens with zero attached hydrogens (tertiary/aromatic N) is 1. The average molecular weight is 554 g/mol. The summed E-state index contributed by atoms with van der Waals surface area (Å²) in [6.07, 6.45) is 0. The number of sulfonamides is 1. The van der Waals surface area contributed by atoms with Crippen molar-refractivity contribution in [1.82, 2.24) is 4.98 Å². The fourth-order valence-corrected chi connectivity index (χ4v) is 7.02. The number of hydrogen-bond donors (Lipinski definition) is 2. The highest BCUT2D eigenvalue weighted by molar-refractivity contribution is 7.92. The van der Waals surface area contributed by atoms with E-state index in [1.54, 1.807) is 35.6 Å². The minimum Gasteiger partial charge on any atom is -0.313 e. The van der Waals surface area contributed by atoms with Crippen molar-refractivity contribution < 1.29 is 13.2 Å². The molecule has 0 radical (unpaired) electrons. The highest BCUT2D eigenvalue weighted by Gasteiger charge is 2.20. The van der Waals surface area contributed by atoms with Crippen LogP contribution in [0.1, 0.15) is 20.8 Å². The van der Waals surface area contributed by atoms with E-state index >= 15 is 0 Å². The fraction of sp³-hybridized carbons (Fsp3) is 0.0769. The second-order valence-electron chi connectivity index (χ2n) is 8.07. The topological polar surface area (TPSA) is 88.2 Å². The molecule has 3 aromatic carbocycles. The van der Waals surface area contributed by atoms with Crippen LogP contribution in [0.5, 0.6) is 0 Å². The molecule has 5 aromatic rings. The number of nitrogens with one attached hydrogen (secondary N) is 2. The van der Waals surface area contributed by atoms with E-state index in [2.05, 4.69) is 10.0 Å². The molecule has 0 fully saturated rings. The molecule has 1 amide bonds. The molecule has 10 heteroatoms. The highest BCUT2D eigenvalue weighted by atomic mass is 35.5. The SMILES string of the molecule is Cc1sc(NC(=O)c2ccc(NS(=O)(=O)c3ccc(Cl)cc3)cc2)c(-c2nc3ccccc3s2)c1C. The summed E-state index contributed by atoms with van der Waals surface area (Å²) in [6, 6.07) is 20.1. The van der Waals surface area contributed by atoms with Gasteiger partial charge < -0.3 is 5.32 Å². The van der Waals surface area contributed by atoms with Crippen molar-refractivity contribution in [2.45, 2.75) is 18.7 Å². The lowest BCUT2D eigenvalue weighted by Crippen LogP contribution is -2.14. The number of halogens is 1. The largest absolute Gasteiger partial charge is 0.313 e. The summed E-state index contributed by atoms with van der Waals surface area (Å²) in [4.78, 5) is 19.0. The van der Waals surface area contributed by atoms with Gasteiger partial charge in [0.2, 0.25) is 0 Å². The number of benzene rings is 3. The quantitative estimate of drug-likeness (QED) is 0.230. The van der Waals surface area contributed by atoms with Gasteiger partial charge in [-0.05, 0) is 80.1 Å². The Labute approximate surface area is 221 Å².